The summed E-state index contributed by atoms with van der Waals surface area (Å²) in [4.78, 5) is 23.6. The van der Waals surface area contributed by atoms with E-state index in [-0.39, 0.29) is 17.5 Å². The smallest absolute Gasteiger partial charge is 0.368 e. The zero-order valence-corrected chi connectivity index (χ0v) is 12.8. The molecule has 0 aliphatic carbocycles. The quantitative estimate of drug-likeness (QED) is 0.811. The summed E-state index contributed by atoms with van der Waals surface area (Å²) in [6, 6.07) is 8.15. The van der Waals surface area contributed by atoms with Crippen molar-refractivity contribution in [1.29, 1.82) is 0 Å². The molecule has 0 spiro atoms. The summed E-state index contributed by atoms with van der Waals surface area (Å²) < 4.78 is 51.8. The second-order valence-corrected chi connectivity index (χ2v) is 5.31. The second kappa shape index (κ2) is 7.33. The van der Waals surface area contributed by atoms with Gasteiger partial charge in [-0.25, -0.2) is 4.39 Å². The molecule has 0 heterocycles. The standard InChI is InChI=1S/C17H14F4N2O2/c18-13-7-2-1-6-12(13)16(25)23-14(15(22)24)9-10-4-3-5-11(8-10)17(19,20)21/h1-8,14H,9H2,(H2,22,24)(H,23,25)/t14-/m0/s1. The van der Waals surface area contributed by atoms with Crippen LogP contribution in [0.5, 0.6) is 0 Å². The Kier molecular flexibility index (Phi) is 5.41. The molecule has 2 rings (SSSR count). The van der Waals surface area contributed by atoms with Gasteiger partial charge in [-0.15, -0.1) is 0 Å². The molecule has 3 N–H and O–H groups in total. The van der Waals surface area contributed by atoms with Gasteiger partial charge in [0, 0.05) is 6.42 Å². The highest BCUT2D eigenvalue weighted by Gasteiger charge is 2.31. The van der Waals surface area contributed by atoms with Crippen LogP contribution >= 0.6 is 0 Å². The first-order valence-corrected chi connectivity index (χ1v) is 7.19. The molecule has 0 unspecified atom stereocenters. The van der Waals surface area contributed by atoms with Crippen molar-refractivity contribution in [3.8, 4) is 0 Å². The highest BCUT2D eigenvalue weighted by atomic mass is 19.4. The van der Waals surface area contributed by atoms with E-state index in [0.717, 1.165) is 18.2 Å². The van der Waals surface area contributed by atoms with Gasteiger partial charge in [0.1, 0.15) is 11.9 Å². The molecule has 2 aromatic rings. The van der Waals surface area contributed by atoms with E-state index in [4.69, 9.17) is 5.73 Å². The van der Waals surface area contributed by atoms with Crippen molar-refractivity contribution in [3.63, 3.8) is 0 Å². The van der Waals surface area contributed by atoms with Crippen LogP contribution in [0, 0.1) is 5.82 Å². The average molecular weight is 354 g/mol. The van der Waals surface area contributed by atoms with Crippen molar-refractivity contribution in [2.75, 3.05) is 0 Å². The minimum Gasteiger partial charge on any atom is -0.368 e. The first-order valence-electron chi connectivity index (χ1n) is 7.19. The van der Waals surface area contributed by atoms with Crippen molar-refractivity contribution in [3.05, 3.63) is 71.0 Å². The van der Waals surface area contributed by atoms with Crippen LogP contribution in [0.4, 0.5) is 17.6 Å². The minimum absolute atomic E-state index is 0.160. The summed E-state index contributed by atoms with van der Waals surface area (Å²) in [7, 11) is 0. The molecular weight excluding hydrogens is 340 g/mol. The van der Waals surface area contributed by atoms with Crippen LogP contribution < -0.4 is 11.1 Å². The third-order valence-electron chi connectivity index (χ3n) is 3.46. The predicted molar refractivity (Wildman–Crippen MR) is 82.0 cm³/mol. The lowest BCUT2D eigenvalue weighted by Crippen LogP contribution is -2.46. The number of hydrogen-bond donors (Lipinski definition) is 2. The second-order valence-electron chi connectivity index (χ2n) is 5.31. The van der Waals surface area contributed by atoms with E-state index in [1.165, 1.54) is 30.3 Å². The molecule has 0 radical (unpaired) electrons. The zero-order chi connectivity index (χ0) is 18.6. The monoisotopic (exact) mass is 354 g/mol. The van der Waals surface area contributed by atoms with Crippen LogP contribution in [-0.4, -0.2) is 17.9 Å². The SMILES string of the molecule is NC(=O)[C@H](Cc1cccc(C(F)(F)F)c1)NC(=O)c1ccccc1F. The van der Waals surface area contributed by atoms with Gasteiger partial charge in [-0.3, -0.25) is 9.59 Å². The number of halogens is 4. The number of benzene rings is 2. The number of rotatable bonds is 5. The highest BCUT2D eigenvalue weighted by Crippen LogP contribution is 2.29. The molecule has 0 saturated carbocycles. The van der Waals surface area contributed by atoms with Gasteiger partial charge in [-0.05, 0) is 23.8 Å². The van der Waals surface area contributed by atoms with Gasteiger partial charge in [0.25, 0.3) is 5.91 Å². The van der Waals surface area contributed by atoms with Crippen molar-refractivity contribution in [2.45, 2.75) is 18.6 Å². The van der Waals surface area contributed by atoms with Crippen molar-refractivity contribution < 1.29 is 27.2 Å². The number of carbonyl (C=O) groups excluding carboxylic acids is 2. The predicted octanol–water partition coefficient (Wildman–Crippen LogP) is 2.67. The van der Waals surface area contributed by atoms with E-state index in [1.807, 2.05) is 0 Å². The fourth-order valence-electron chi connectivity index (χ4n) is 2.21. The van der Waals surface area contributed by atoms with Crippen LogP contribution in [0.1, 0.15) is 21.5 Å². The van der Waals surface area contributed by atoms with Crippen LogP contribution in [-0.2, 0) is 17.4 Å². The molecule has 8 heteroatoms. The van der Waals surface area contributed by atoms with Crippen LogP contribution in [0.3, 0.4) is 0 Å². The van der Waals surface area contributed by atoms with Gasteiger partial charge < -0.3 is 11.1 Å². The number of alkyl halides is 3. The van der Waals surface area contributed by atoms with Gasteiger partial charge in [0.15, 0.2) is 0 Å². The van der Waals surface area contributed by atoms with Gasteiger partial charge in [-0.1, -0.05) is 30.3 Å². The Bertz CT molecular complexity index is 790. The maximum absolute atomic E-state index is 13.6. The summed E-state index contributed by atoms with van der Waals surface area (Å²) in [5, 5.41) is 2.25. The summed E-state index contributed by atoms with van der Waals surface area (Å²) in [6.45, 7) is 0. The molecule has 0 saturated heterocycles. The normalized spacial score (nSPS) is 12.5. The minimum atomic E-state index is -4.53. The molecule has 1 atom stereocenters. The van der Waals surface area contributed by atoms with Gasteiger partial charge in [0.05, 0.1) is 11.1 Å². The molecule has 4 nitrogen and oxygen atoms in total. The Morgan fingerprint density at radius 1 is 1.08 bits per heavy atom. The van der Waals surface area contributed by atoms with E-state index in [0.29, 0.717) is 0 Å². The molecule has 25 heavy (non-hydrogen) atoms. The first kappa shape index (κ1) is 18.4. The lowest BCUT2D eigenvalue weighted by Gasteiger charge is -2.17. The molecular formula is C17H14F4N2O2. The topological polar surface area (TPSA) is 72.2 Å². The molecule has 0 bridgehead atoms. The molecule has 0 aliphatic rings. The van der Waals surface area contributed by atoms with Gasteiger partial charge in [0.2, 0.25) is 5.91 Å². The van der Waals surface area contributed by atoms with Gasteiger partial charge in [-0.2, -0.15) is 13.2 Å². The molecule has 132 valence electrons. The molecule has 0 fully saturated rings. The lowest BCUT2D eigenvalue weighted by atomic mass is 10.0. The van der Waals surface area contributed by atoms with E-state index in [2.05, 4.69) is 5.32 Å². The number of nitrogens with two attached hydrogens (primary N) is 1. The zero-order valence-electron chi connectivity index (χ0n) is 12.8. The van der Waals surface area contributed by atoms with Crippen LogP contribution in [0.2, 0.25) is 0 Å². The molecule has 0 aliphatic heterocycles. The Labute approximate surface area is 140 Å². The average Bonchev–Trinajstić information content (AvgIpc) is 2.54. The summed E-state index contributed by atoms with van der Waals surface area (Å²) in [5.74, 6) is -2.61. The summed E-state index contributed by atoms with van der Waals surface area (Å²) >= 11 is 0. The Balaban J connectivity index is 2.18. The van der Waals surface area contributed by atoms with Crippen LogP contribution in [0.15, 0.2) is 48.5 Å². The number of carbonyl (C=O) groups is 2. The van der Waals surface area contributed by atoms with E-state index in [9.17, 15) is 27.2 Å². The largest absolute Gasteiger partial charge is 0.416 e. The van der Waals surface area contributed by atoms with E-state index < -0.39 is 35.4 Å². The molecule has 2 aromatic carbocycles. The Morgan fingerprint density at radius 2 is 1.76 bits per heavy atom. The first-order chi connectivity index (χ1) is 11.7. The lowest BCUT2D eigenvalue weighted by molar-refractivity contribution is -0.137. The summed E-state index contributed by atoms with van der Waals surface area (Å²) in [6.07, 6.45) is -4.78. The van der Waals surface area contributed by atoms with Gasteiger partial charge >= 0.3 is 6.18 Å². The van der Waals surface area contributed by atoms with E-state index in [1.54, 1.807) is 0 Å². The maximum atomic E-state index is 13.6. The van der Waals surface area contributed by atoms with Crippen molar-refractivity contribution in [2.24, 2.45) is 5.73 Å². The Hall–Kier alpha value is -2.90. The third-order valence-corrected chi connectivity index (χ3v) is 3.46. The third kappa shape index (κ3) is 4.79. The fraction of sp³-hybridized carbons (Fsp3) is 0.176. The molecule has 2 amide bonds. The number of hydrogen-bond acceptors (Lipinski definition) is 2. The number of primary amides is 1. The van der Waals surface area contributed by atoms with Crippen molar-refractivity contribution >= 4 is 11.8 Å². The fourth-order valence-corrected chi connectivity index (χ4v) is 2.21. The highest BCUT2D eigenvalue weighted by molar-refractivity contribution is 5.97. The maximum Gasteiger partial charge on any atom is 0.416 e. The van der Waals surface area contributed by atoms with E-state index >= 15 is 0 Å². The number of amides is 2. The van der Waals surface area contributed by atoms with Crippen LogP contribution in [0.25, 0.3) is 0 Å². The number of nitrogens with one attached hydrogen (secondary N) is 1. The Morgan fingerprint density at radius 3 is 2.36 bits per heavy atom. The van der Waals surface area contributed by atoms with Crippen molar-refractivity contribution in [1.82, 2.24) is 5.32 Å². The summed E-state index contributed by atoms with van der Waals surface area (Å²) in [5.41, 5.74) is 4.19. The molecule has 0 aromatic heterocycles.